The van der Waals surface area contributed by atoms with E-state index >= 15 is 0 Å². The van der Waals surface area contributed by atoms with E-state index in [1.165, 1.54) is 24.5 Å². The molecule has 11 heteroatoms. The largest absolute Gasteiger partial charge is 0.479 e. The first-order valence-electron chi connectivity index (χ1n) is 8.86. The third-order valence-corrected chi connectivity index (χ3v) is 6.73. The number of carbonyl (C=O) groups is 1. The van der Waals surface area contributed by atoms with E-state index in [1.807, 2.05) is 6.07 Å². The third kappa shape index (κ3) is 5.65. The molecule has 0 atom stereocenters. The zero-order valence-electron chi connectivity index (χ0n) is 16.3. The number of pyridine rings is 1. The minimum Gasteiger partial charge on any atom is -0.479 e. The number of hydrazone groups is 1. The van der Waals surface area contributed by atoms with Gasteiger partial charge < -0.3 is 4.74 Å². The zero-order chi connectivity index (χ0) is 22.3. The zero-order valence-corrected chi connectivity index (χ0v) is 17.9. The smallest absolute Gasteiger partial charge is 0.273 e. The number of hydrogen-bond acceptors (Lipinski definition) is 8. The van der Waals surface area contributed by atoms with Gasteiger partial charge in [0.05, 0.1) is 23.2 Å². The molecule has 0 bridgehead atoms. The molecule has 0 aliphatic carbocycles. The fraction of sp³-hybridized carbons (Fsp3) is 0.100. The first kappa shape index (κ1) is 21.9. The fourth-order valence-electron chi connectivity index (χ4n) is 2.45. The van der Waals surface area contributed by atoms with Crippen LogP contribution in [0.25, 0.3) is 0 Å². The molecule has 0 spiro atoms. The number of nitrogens with zero attached hydrogens (tertiary/aromatic N) is 3. The van der Waals surface area contributed by atoms with Crippen LogP contribution >= 0.6 is 11.3 Å². The van der Waals surface area contributed by atoms with E-state index in [4.69, 9.17) is 10.00 Å². The molecule has 1 aromatic carbocycles. The summed E-state index contributed by atoms with van der Waals surface area (Å²) in [5.74, 6) is -0.0545. The number of anilines is 1. The van der Waals surface area contributed by atoms with E-state index in [2.05, 4.69) is 20.2 Å². The van der Waals surface area contributed by atoms with Gasteiger partial charge in [-0.25, -0.2) is 13.8 Å². The van der Waals surface area contributed by atoms with Crippen molar-refractivity contribution >= 4 is 38.7 Å². The van der Waals surface area contributed by atoms with Crippen molar-refractivity contribution in [1.29, 1.82) is 5.26 Å². The van der Waals surface area contributed by atoms with Gasteiger partial charge in [0.25, 0.3) is 15.9 Å². The van der Waals surface area contributed by atoms with E-state index < -0.39 is 15.9 Å². The minimum absolute atomic E-state index is 0.0419. The summed E-state index contributed by atoms with van der Waals surface area (Å²) in [6.07, 6.45) is 2.64. The third-order valence-electron chi connectivity index (χ3n) is 3.97. The lowest BCUT2D eigenvalue weighted by Gasteiger charge is -2.10. The molecule has 2 heterocycles. The Balaban J connectivity index is 1.73. The van der Waals surface area contributed by atoms with E-state index in [-0.39, 0.29) is 22.1 Å². The maximum Gasteiger partial charge on any atom is 0.273 e. The lowest BCUT2D eigenvalue weighted by Crippen LogP contribution is -2.22. The van der Waals surface area contributed by atoms with Crippen molar-refractivity contribution in [2.24, 2.45) is 5.10 Å². The molecule has 0 aliphatic heterocycles. The van der Waals surface area contributed by atoms with Crippen molar-refractivity contribution in [1.82, 2.24) is 10.4 Å². The van der Waals surface area contributed by atoms with Crippen molar-refractivity contribution in [2.75, 3.05) is 11.3 Å². The lowest BCUT2D eigenvalue weighted by atomic mass is 10.1. The van der Waals surface area contributed by atoms with Gasteiger partial charge in [0.2, 0.25) is 0 Å². The number of benzene rings is 1. The van der Waals surface area contributed by atoms with Crippen LogP contribution in [0, 0.1) is 11.3 Å². The fourth-order valence-corrected chi connectivity index (χ4v) is 4.51. The van der Waals surface area contributed by atoms with Gasteiger partial charge in [-0.3, -0.25) is 14.5 Å². The Hall–Kier alpha value is -3.75. The van der Waals surface area contributed by atoms with E-state index in [1.54, 1.807) is 42.6 Å². The second-order valence-electron chi connectivity index (χ2n) is 6.07. The molecular weight excluding hydrogens is 438 g/mol. The number of rotatable bonds is 8. The van der Waals surface area contributed by atoms with Crippen molar-refractivity contribution in [2.45, 2.75) is 11.1 Å². The van der Waals surface area contributed by atoms with Gasteiger partial charge in [0.15, 0.2) is 6.61 Å². The maximum absolute atomic E-state index is 12.6. The molecule has 0 radical (unpaired) electrons. The molecule has 1 amide bonds. The first-order chi connectivity index (χ1) is 14.9. The average Bonchev–Trinajstić information content (AvgIpc) is 3.32. The number of amides is 1. The van der Waals surface area contributed by atoms with Crippen LogP contribution in [-0.4, -0.2) is 31.6 Å². The molecule has 2 aromatic heterocycles. The van der Waals surface area contributed by atoms with Gasteiger partial charge in [-0.1, -0.05) is 6.07 Å². The molecule has 3 aromatic rings. The Kier molecular flexibility index (Phi) is 6.96. The summed E-state index contributed by atoms with van der Waals surface area (Å²) in [5.41, 5.74) is 3.80. The molecule has 3 rings (SSSR count). The lowest BCUT2D eigenvalue weighted by molar-refractivity contribution is 0.0955. The molecule has 2 N–H and O–H groups in total. The van der Waals surface area contributed by atoms with E-state index in [0.29, 0.717) is 11.5 Å². The maximum atomic E-state index is 12.6. The second kappa shape index (κ2) is 9.84. The number of hydrogen-bond donors (Lipinski definition) is 2. The normalized spacial score (nSPS) is 11.4. The molecule has 31 heavy (non-hydrogen) atoms. The first-order valence-corrected chi connectivity index (χ1v) is 11.2. The highest BCUT2D eigenvalue weighted by molar-refractivity contribution is 7.94. The van der Waals surface area contributed by atoms with Gasteiger partial charge in [-0.05, 0) is 54.3 Å². The summed E-state index contributed by atoms with van der Waals surface area (Å²) in [5, 5.41) is 14.3. The van der Waals surface area contributed by atoms with Crippen LogP contribution in [0.5, 0.6) is 5.75 Å². The van der Waals surface area contributed by atoms with Gasteiger partial charge in [0.1, 0.15) is 16.0 Å². The summed E-state index contributed by atoms with van der Waals surface area (Å²) < 4.78 is 32.6. The number of carbonyl (C=O) groups excluding carboxylic acids is 1. The van der Waals surface area contributed by atoms with Crippen molar-refractivity contribution in [3.8, 4) is 11.8 Å². The Morgan fingerprint density at radius 2 is 2.03 bits per heavy atom. The number of sulfonamides is 1. The summed E-state index contributed by atoms with van der Waals surface area (Å²) in [6.45, 7) is 1.66. The Bertz CT molecular complexity index is 1230. The molecule has 0 saturated carbocycles. The number of ether oxygens (including phenoxy) is 1. The number of nitriles is 1. The van der Waals surface area contributed by atoms with Crippen LogP contribution in [0.2, 0.25) is 0 Å². The quantitative estimate of drug-likeness (QED) is 0.396. The summed E-state index contributed by atoms with van der Waals surface area (Å²) in [6, 6.07) is 13.2. The van der Waals surface area contributed by atoms with Gasteiger partial charge in [-0.2, -0.15) is 10.4 Å². The average molecular weight is 456 g/mol. The molecule has 0 unspecified atom stereocenters. The Morgan fingerprint density at radius 1 is 1.26 bits per heavy atom. The van der Waals surface area contributed by atoms with Gasteiger partial charge in [-0.15, -0.1) is 11.3 Å². The topological polar surface area (TPSA) is 134 Å². The minimum atomic E-state index is -3.83. The van der Waals surface area contributed by atoms with Crippen molar-refractivity contribution < 1.29 is 17.9 Å². The Morgan fingerprint density at radius 3 is 2.71 bits per heavy atom. The van der Waals surface area contributed by atoms with Crippen molar-refractivity contribution in [3.05, 3.63) is 71.4 Å². The summed E-state index contributed by atoms with van der Waals surface area (Å²) in [7, 11) is -3.83. The highest BCUT2D eigenvalue weighted by atomic mass is 32.2. The van der Waals surface area contributed by atoms with Crippen LogP contribution in [0.3, 0.4) is 0 Å². The Labute approximate surface area is 183 Å². The van der Waals surface area contributed by atoms with Crippen LogP contribution in [0.15, 0.2) is 69.5 Å². The highest BCUT2D eigenvalue weighted by Crippen LogP contribution is 2.22. The molecule has 0 saturated heterocycles. The van der Waals surface area contributed by atoms with Gasteiger partial charge >= 0.3 is 0 Å². The van der Waals surface area contributed by atoms with Crippen LogP contribution in [0.4, 0.5) is 5.69 Å². The van der Waals surface area contributed by atoms with Crippen LogP contribution in [0.1, 0.15) is 22.8 Å². The number of nitrogens with one attached hydrogen (secondary N) is 2. The summed E-state index contributed by atoms with van der Waals surface area (Å²) >= 11 is 1.06. The highest BCUT2D eigenvalue weighted by Gasteiger charge is 2.19. The van der Waals surface area contributed by atoms with E-state index in [9.17, 15) is 13.2 Å². The molecule has 0 fully saturated rings. The molecule has 0 aliphatic rings. The van der Waals surface area contributed by atoms with Gasteiger partial charge in [0, 0.05) is 6.20 Å². The predicted molar refractivity (Wildman–Crippen MR) is 117 cm³/mol. The summed E-state index contributed by atoms with van der Waals surface area (Å²) in [4.78, 5) is 16.5. The predicted octanol–water partition coefficient (Wildman–Crippen LogP) is 3.00. The number of thiophene rings is 1. The molecule has 158 valence electrons. The van der Waals surface area contributed by atoms with Crippen molar-refractivity contribution in [3.63, 3.8) is 0 Å². The second-order valence-corrected chi connectivity index (χ2v) is 8.93. The SMILES string of the molecule is C/C(=N\NC(=O)c1ccncc1NS(=O)(=O)c1cccs1)c1ccc(OCC#N)cc1. The standard InChI is InChI=1S/C20H17N5O4S2/c1-14(15-4-6-16(7-5-15)29-11-9-21)23-24-20(26)17-8-10-22-13-18(17)25-31(27,28)19-3-2-12-30-19/h2-8,10,12-13,25H,11H2,1H3,(H,24,26)/b23-14+. The van der Waals surface area contributed by atoms with E-state index in [0.717, 1.165) is 16.9 Å². The molecular formula is C20H17N5O4S2. The van der Waals surface area contributed by atoms with Crippen LogP contribution < -0.4 is 14.9 Å². The number of aromatic nitrogens is 1. The molecule has 9 nitrogen and oxygen atoms in total. The monoisotopic (exact) mass is 455 g/mol. The van der Waals surface area contributed by atoms with Crippen LogP contribution in [-0.2, 0) is 10.0 Å².